The molecule has 0 aliphatic rings. The van der Waals surface area contributed by atoms with Gasteiger partial charge in [-0.3, -0.25) is 15.1 Å². The number of nitrogens with zero attached hydrogens (tertiary/aromatic N) is 4. The number of rotatable bonds is 9. The second-order valence-electron chi connectivity index (χ2n) is 6.09. The number of amides is 1. The molecule has 0 aliphatic heterocycles. The van der Waals surface area contributed by atoms with Crippen LogP contribution in [0.5, 0.6) is 17.2 Å². The Bertz CT molecular complexity index is 946. The Hall–Kier alpha value is -3.62. The summed E-state index contributed by atoms with van der Waals surface area (Å²) in [5, 5.41) is 17.7. The van der Waals surface area contributed by atoms with Crippen LogP contribution in [0.15, 0.2) is 42.5 Å². The third-order valence-electron chi connectivity index (χ3n) is 4.33. The largest absolute Gasteiger partial charge is 0.497 e. The van der Waals surface area contributed by atoms with Crippen LogP contribution in [0, 0.1) is 0 Å². The molecule has 0 bridgehead atoms. The first kappa shape index (κ1) is 20.1. The fraction of sp³-hybridized carbons (Fsp3) is 0.300. The quantitative estimate of drug-likeness (QED) is 0.586. The first-order chi connectivity index (χ1) is 14.2. The normalized spacial score (nSPS) is 11.6. The van der Waals surface area contributed by atoms with Gasteiger partial charge in [-0.15, -0.1) is 0 Å². The van der Waals surface area contributed by atoms with Crippen LogP contribution in [0.4, 0.5) is 5.69 Å². The van der Waals surface area contributed by atoms with Gasteiger partial charge in [0.2, 0.25) is 5.91 Å². The molecule has 9 nitrogen and oxygen atoms in total. The number of anilines is 1. The molecule has 0 aliphatic carbocycles. The van der Waals surface area contributed by atoms with Crippen molar-refractivity contribution in [2.24, 2.45) is 0 Å². The Kier molecular flexibility index (Phi) is 6.62. The number of para-hydroxylation sites is 2. The number of ether oxygens (including phenoxy) is 3. The number of tetrazole rings is 1. The van der Waals surface area contributed by atoms with E-state index >= 15 is 0 Å². The first-order valence-electron chi connectivity index (χ1n) is 9.08. The highest BCUT2D eigenvalue weighted by Crippen LogP contribution is 2.30. The number of aromatic nitrogens is 4. The molecule has 1 atom stereocenters. The maximum atomic E-state index is 13.1. The maximum absolute atomic E-state index is 13.1. The minimum atomic E-state index is -0.720. The van der Waals surface area contributed by atoms with Gasteiger partial charge in [-0.25, -0.2) is 0 Å². The van der Waals surface area contributed by atoms with Gasteiger partial charge in [-0.05, 0) is 37.1 Å². The number of nitrogens with one attached hydrogen (secondary N) is 1. The maximum Gasteiger partial charge on any atom is 0.232 e. The fourth-order valence-electron chi connectivity index (χ4n) is 2.90. The van der Waals surface area contributed by atoms with Crippen molar-refractivity contribution in [3.8, 4) is 17.2 Å². The number of carbonyl (C=O) groups is 1. The van der Waals surface area contributed by atoms with E-state index in [0.29, 0.717) is 36.0 Å². The molecule has 3 aromatic rings. The van der Waals surface area contributed by atoms with Gasteiger partial charge in [0, 0.05) is 11.9 Å². The Labute approximate surface area is 168 Å². The lowest BCUT2D eigenvalue weighted by Crippen LogP contribution is -2.25. The van der Waals surface area contributed by atoms with Crippen LogP contribution in [0.2, 0.25) is 0 Å². The van der Waals surface area contributed by atoms with Gasteiger partial charge in [0.1, 0.15) is 17.2 Å². The molecule has 3 rings (SSSR count). The Morgan fingerprint density at radius 3 is 2.66 bits per heavy atom. The number of benzene rings is 2. The van der Waals surface area contributed by atoms with Crippen LogP contribution in [-0.4, -0.2) is 42.3 Å². The van der Waals surface area contributed by atoms with Gasteiger partial charge in [-0.1, -0.05) is 18.2 Å². The van der Waals surface area contributed by atoms with Gasteiger partial charge in [0.15, 0.2) is 0 Å². The third-order valence-corrected chi connectivity index (χ3v) is 4.33. The van der Waals surface area contributed by atoms with E-state index in [1.165, 1.54) is 0 Å². The molecule has 0 spiro atoms. The molecular weight excluding hydrogens is 374 g/mol. The van der Waals surface area contributed by atoms with Crippen molar-refractivity contribution < 1.29 is 19.0 Å². The monoisotopic (exact) mass is 396 g/mol. The Morgan fingerprint density at radius 1 is 1.14 bits per heavy atom. The van der Waals surface area contributed by atoms with E-state index in [1.807, 2.05) is 25.1 Å². The van der Waals surface area contributed by atoms with E-state index in [2.05, 4.69) is 25.9 Å². The van der Waals surface area contributed by atoms with Crippen molar-refractivity contribution in [1.82, 2.24) is 20.6 Å². The molecule has 0 fully saturated rings. The summed E-state index contributed by atoms with van der Waals surface area (Å²) in [6, 6.07) is 12.6. The van der Waals surface area contributed by atoms with Gasteiger partial charge >= 0.3 is 0 Å². The summed E-state index contributed by atoms with van der Waals surface area (Å²) in [6.45, 7) is 2.37. The summed E-state index contributed by atoms with van der Waals surface area (Å²) in [5.41, 5.74) is 1.37. The zero-order valence-corrected chi connectivity index (χ0v) is 16.5. The van der Waals surface area contributed by atoms with E-state index in [0.717, 1.165) is 5.56 Å². The van der Waals surface area contributed by atoms with E-state index in [-0.39, 0.29) is 11.7 Å². The lowest BCUT2D eigenvalue weighted by Gasteiger charge is -2.20. The summed E-state index contributed by atoms with van der Waals surface area (Å²) >= 11 is 0. The minimum Gasteiger partial charge on any atom is -0.497 e. The topological polar surface area (TPSA) is 110 Å². The van der Waals surface area contributed by atoms with Crippen LogP contribution in [0.3, 0.4) is 0 Å². The fourth-order valence-corrected chi connectivity index (χ4v) is 2.90. The molecule has 0 unspecified atom stereocenters. The molecule has 152 valence electrons. The summed E-state index contributed by atoms with van der Waals surface area (Å²) < 4.78 is 16.3. The van der Waals surface area contributed by atoms with E-state index in [9.17, 15) is 4.79 Å². The SMILES string of the molecule is CCOc1ccccc1NC(=O)[C@H](Cc1ccc(OC)cc1OC)c1nnn[n-]1. The van der Waals surface area contributed by atoms with Crippen molar-refractivity contribution in [2.45, 2.75) is 19.3 Å². The zero-order valence-electron chi connectivity index (χ0n) is 16.5. The predicted octanol–water partition coefficient (Wildman–Crippen LogP) is 2.21. The van der Waals surface area contributed by atoms with E-state index in [4.69, 9.17) is 14.2 Å². The lowest BCUT2D eigenvalue weighted by atomic mass is 9.96. The van der Waals surface area contributed by atoms with Gasteiger partial charge in [0.05, 0.1) is 32.4 Å². The molecule has 1 N–H and O–H groups in total. The smallest absolute Gasteiger partial charge is 0.232 e. The molecule has 1 aromatic heterocycles. The second-order valence-corrected chi connectivity index (χ2v) is 6.09. The van der Waals surface area contributed by atoms with Crippen LogP contribution < -0.4 is 24.6 Å². The van der Waals surface area contributed by atoms with E-state index < -0.39 is 5.92 Å². The van der Waals surface area contributed by atoms with E-state index in [1.54, 1.807) is 38.5 Å². The molecule has 0 saturated heterocycles. The van der Waals surface area contributed by atoms with Crippen LogP contribution in [0.1, 0.15) is 24.2 Å². The highest BCUT2D eigenvalue weighted by molar-refractivity contribution is 5.96. The molecule has 0 saturated carbocycles. The number of methoxy groups -OCH3 is 2. The third kappa shape index (κ3) is 4.81. The molecule has 0 radical (unpaired) electrons. The van der Waals surface area contributed by atoms with Crippen molar-refractivity contribution >= 4 is 11.6 Å². The van der Waals surface area contributed by atoms with Gasteiger partial charge in [0.25, 0.3) is 0 Å². The summed E-state index contributed by atoms with van der Waals surface area (Å²) in [6.07, 6.45) is 0.295. The van der Waals surface area contributed by atoms with Gasteiger partial charge < -0.3 is 24.6 Å². The highest BCUT2D eigenvalue weighted by Gasteiger charge is 2.24. The minimum absolute atomic E-state index is 0.231. The Balaban J connectivity index is 1.88. The van der Waals surface area contributed by atoms with Crippen molar-refractivity contribution in [1.29, 1.82) is 0 Å². The highest BCUT2D eigenvalue weighted by atomic mass is 16.5. The molecule has 29 heavy (non-hydrogen) atoms. The number of hydrogen-bond acceptors (Lipinski definition) is 7. The van der Waals surface area contributed by atoms with Crippen LogP contribution in [-0.2, 0) is 11.2 Å². The standard InChI is InChI=1S/C20H23N5O4/c1-4-29-17-8-6-5-7-16(17)21-20(26)15(19-22-24-25-23-19)11-13-9-10-14(27-2)12-18(13)28-3/h5-10,12,15H,4,11H2,1-3H3,(H2,21,22,23,24,25,26)/p-1/t15-/m1/s1. The molecule has 1 heterocycles. The summed E-state index contributed by atoms with van der Waals surface area (Å²) in [7, 11) is 3.14. The zero-order chi connectivity index (χ0) is 20.6. The van der Waals surface area contributed by atoms with Crippen molar-refractivity contribution in [3.63, 3.8) is 0 Å². The Morgan fingerprint density at radius 2 is 1.97 bits per heavy atom. The second kappa shape index (κ2) is 9.54. The van der Waals surface area contributed by atoms with Crippen molar-refractivity contribution in [3.05, 3.63) is 53.9 Å². The van der Waals surface area contributed by atoms with Crippen LogP contribution in [0.25, 0.3) is 0 Å². The lowest BCUT2D eigenvalue weighted by molar-refractivity contribution is -0.117. The van der Waals surface area contributed by atoms with Crippen molar-refractivity contribution in [2.75, 3.05) is 26.1 Å². The average molecular weight is 396 g/mol. The summed E-state index contributed by atoms with van der Waals surface area (Å²) in [4.78, 5) is 13.1. The molecule has 1 amide bonds. The summed E-state index contributed by atoms with van der Waals surface area (Å²) in [5.74, 6) is 1.05. The molecule has 9 heteroatoms. The number of carbonyl (C=O) groups excluding carboxylic acids is 1. The van der Waals surface area contributed by atoms with Crippen LogP contribution >= 0.6 is 0 Å². The predicted molar refractivity (Wildman–Crippen MR) is 105 cm³/mol. The first-order valence-corrected chi connectivity index (χ1v) is 9.08. The molecule has 2 aromatic carbocycles. The average Bonchev–Trinajstić information content (AvgIpc) is 3.28. The number of hydrogen-bond donors (Lipinski definition) is 1. The van der Waals surface area contributed by atoms with Gasteiger partial charge in [-0.2, -0.15) is 5.21 Å². The molecular formula is C20H22N5O4-.